The molecule has 0 bridgehead atoms. The molecule has 4 nitrogen and oxygen atoms in total. The minimum Gasteiger partial charge on any atom is -0.465 e. The van der Waals surface area contributed by atoms with Crippen LogP contribution >= 0.6 is 0 Å². The van der Waals surface area contributed by atoms with Crippen LogP contribution in [0.4, 0.5) is 18.0 Å². The van der Waals surface area contributed by atoms with Crippen LogP contribution in [-0.2, 0) is 5.41 Å². The number of hydrogen-bond acceptors (Lipinski definition) is 2. The Bertz CT molecular complexity index is 846. The molecule has 1 unspecified atom stereocenters. The molecular formula is C19H18F3NO3. The standard InChI is InChI=1S/C19H18F3NO3/c1-18(2)10-16(23-17(24)25)14-7-6-12(9-15(14)18)11-4-3-5-13(8-11)26-19(20,21)22/h3-9,16,23H,10H2,1-2H3,(H,24,25). The van der Waals surface area contributed by atoms with Crippen LogP contribution in [0.1, 0.15) is 37.4 Å². The van der Waals surface area contributed by atoms with E-state index < -0.39 is 12.5 Å². The van der Waals surface area contributed by atoms with Crippen molar-refractivity contribution < 1.29 is 27.8 Å². The molecule has 2 aromatic rings. The summed E-state index contributed by atoms with van der Waals surface area (Å²) in [6.07, 6.45) is -5.21. The predicted octanol–water partition coefficient (Wildman–Crippen LogP) is 5.24. The highest BCUT2D eigenvalue weighted by Crippen LogP contribution is 2.46. The summed E-state index contributed by atoms with van der Waals surface area (Å²) in [7, 11) is 0. The lowest BCUT2D eigenvalue weighted by Gasteiger charge is -2.20. The molecule has 1 aliphatic carbocycles. The van der Waals surface area contributed by atoms with Crippen molar-refractivity contribution in [3.63, 3.8) is 0 Å². The smallest absolute Gasteiger partial charge is 0.465 e. The van der Waals surface area contributed by atoms with Crippen molar-refractivity contribution in [2.45, 2.75) is 38.1 Å². The number of carbonyl (C=O) groups is 1. The number of hydrogen-bond donors (Lipinski definition) is 2. The first-order valence-corrected chi connectivity index (χ1v) is 8.05. The number of ether oxygens (including phenoxy) is 1. The van der Waals surface area contributed by atoms with Crippen LogP contribution in [0, 0.1) is 0 Å². The van der Waals surface area contributed by atoms with Gasteiger partial charge in [-0.3, -0.25) is 0 Å². The molecule has 7 heteroatoms. The van der Waals surface area contributed by atoms with E-state index in [1.807, 2.05) is 26.0 Å². The van der Waals surface area contributed by atoms with Crippen LogP contribution in [0.15, 0.2) is 42.5 Å². The fraction of sp³-hybridized carbons (Fsp3) is 0.316. The van der Waals surface area contributed by atoms with E-state index in [4.69, 9.17) is 5.11 Å². The lowest BCUT2D eigenvalue weighted by atomic mass is 9.85. The van der Waals surface area contributed by atoms with Crippen molar-refractivity contribution >= 4 is 6.09 Å². The molecule has 1 amide bonds. The van der Waals surface area contributed by atoms with E-state index in [0.717, 1.165) is 16.7 Å². The zero-order valence-electron chi connectivity index (χ0n) is 14.2. The third kappa shape index (κ3) is 3.76. The molecule has 0 spiro atoms. The first kappa shape index (κ1) is 18.1. The van der Waals surface area contributed by atoms with E-state index in [0.29, 0.717) is 12.0 Å². The Kier molecular flexibility index (Phi) is 4.34. The summed E-state index contributed by atoms with van der Waals surface area (Å²) in [4.78, 5) is 11.0. The molecule has 0 radical (unpaired) electrons. The van der Waals surface area contributed by atoms with Crippen molar-refractivity contribution in [1.29, 1.82) is 0 Å². The number of benzene rings is 2. The minimum atomic E-state index is -4.74. The lowest BCUT2D eigenvalue weighted by Crippen LogP contribution is -2.26. The summed E-state index contributed by atoms with van der Waals surface area (Å²) in [6, 6.07) is 11.0. The zero-order chi connectivity index (χ0) is 19.1. The van der Waals surface area contributed by atoms with Gasteiger partial charge in [-0.1, -0.05) is 44.2 Å². The van der Waals surface area contributed by atoms with Gasteiger partial charge in [0.15, 0.2) is 0 Å². The number of fused-ring (bicyclic) bond motifs is 1. The largest absolute Gasteiger partial charge is 0.573 e. The summed E-state index contributed by atoms with van der Waals surface area (Å²) in [6.45, 7) is 4.03. The van der Waals surface area contributed by atoms with Crippen molar-refractivity contribution in [3.8, 4) is 16.9 Å². The highest BCUT2D eigenvalue weighted by molar-refractivity contribution is 5.69. The molecular weight excluding hydrogens is 347 g/mol. The lowest BCUT2D eigenvalue weighted by molar-refractivity contribution is -0.274. The number of alkyl halides is 3. The van der Waals surface area contributed by atoms with Gasteiger partial charge >= 0.3 is 12.5 Å². The third-order valence-corrected chi connectivity index (χ3v) is 4.57. The van der Waals surface area contributed by atoms with Gasteiger partial charge in [-0.05, 0) is 46.2 Å². The summed E-state index contributed by atoms with van der Waals surface area (Å²) in [5.74, 6) is -0.278. The fourth-order valence-electron chi connectivity index (χ4n) is 3.51. The second-order valence-corrected chi connectivity index (χ2v) is 6.97. The summed E-state index contributed by atoms with van der Waals surface area (Å²) < 4.78 is 41.3. The summed E-state index contributed by atoms with van der Waals surface area (Å²) >= 11 is 0. The topological polar surface area (TPSA) is 58.6 Å². The van der Waals surface area contributed by atoms with Gasteiger partial charge < -0.3 is 15.2 Å². The Morgan fingerprint density at radius 3 is 2.54 bits per heavy atom. The van der Waals surface area contributed by atoms with E-state index in [1.54, 1.807) is 12.1 Å². The zero-order valence-corrected chi connectivity index (χ0v) is 14.2. The van der Waals surface area contributed by atoms with Crippen molar-refractivity contribution in [2.24, 2.45) is 0 Å². The summed E-state index contributed by atoms with van der Waals surface area (Å²) in [5.41, 5.74) is 2.97. The molecule has 0 fully saturated rings. The first-order chi connectivity index (χ1) is 12.0. The van der Waals surface area contributed by atoms with Crippen LogP contribution in [0.2, 0.25) is 0 Å². The molecule has 2 N–H and O–H groups in total. The molecule has 3 rings (SSSR count). The molecule has 1 atom stereocenters. The molecule has 1 aliphatic rings. The number of carboxylic acid groups (broad SMARTS) is 1. The van der Waals surface area contributed by atoms with Gasteiger partial charge in [0.25, 0.3) is 0 Å². The minimum absolute atomic E-state index is 0.251. The number of nitrogens with one attached hydrogen (secondary N) is 1. The van der Waals surface area contributed by atoms with Crippen molar-refractivity contribution in [2.75, 3.05) is 0 Å². The van der Waals surface area contributed by atoms with E-state index in [9.17, 15) is 18.0 Å². The van der Waals surface area contributed by atoms with Crippen LogP contribution in [-0.4, -0.2) is 17.6 Å². The molecule has 0 saturated heterocycles. The van der Waals surface area contributed by atoms with Crippen LogP contribution < -0.4 is 10.1 Å². The van der Waals surface area contributed by atoms with Crippen LogP contribution in [0.5, 0.6) is 5.75 Å². The average molecular weight is 365 g/mol. The molecule has 26 heavy (non-hydrogen) atoms. The van der Waals surface area contributed by atoms with Gasteiger partial charge in [0.1, 0.15) is 5.75 Å². The first-order valence-electron chi connectivity index (χ1n) is 8.05. The van der Waals surface area contributed by atoms with E-state index in [1.165, 1.54) is 18.2 Å². The van der Waals surface area contributed by atoms with Gasteiger partial charge in [-0.15, -0.1) is 13.2 Å². The second-order valence-electron chi connectivity index (χ2n) is 6.97. The number of amides is 1. The maximum absolute atomic E-state index is 12.4. The van der Waals surface area contributed by atoms with E-state index in [-0.39, 0.29) is 17.2 Å². The SMILES string of the molecule is CC1(C)CC(NC(=O)O)c2ccc(-c3cccc(OC(F)(F)F)c3)cc21. The molecule has 2 aromatic carbocycles. The normalized spacial score (nSPS) is 18.3. The number of halogens is 3. The Morgan fingerprint density at radius 2 is 1.88 bits per heavy atom. The average Bonchev–Trinajstić information content (AvgIpc) is 2.75. The Morgan fingerprint density at radius 1 is 1.19 bits per heavy atom. The Balaban J connectivity index is 1.97. The van der Waals surface area contributed by atoms with E-state index >= 15 is 0 Å². The third-order valence-electron chi connectivity index (χ3n) is 4.57. The van der Waals surface area contributed by atoms with Crippen molar-refractivity contribution in [1.82, 2.24) is 5.32 Å². The monoisotopic (exact) mass is 365 g/mol. The van der Waals surface area contributed by atoms with Crippen LogP contribution in [0.3, 0.4) is 0 Å². The second kappa shape index (κ2) is 6.23. The maximum Gasteiger partial charge on any atom is 0.573 e. The Labute approximate surface area is 148 Å². The maximum atomic E-state index is 12.4. The highest BCUT2D eigenvalue weighted by atomic mass is 19.4. The Hall–Kier alpha value is -2.70. The molecule has 138 valence electrons. The van der Waals surface area contributed by atoms with Crippen molar-refractivity contribution in [3.05, 3.63) is 53.6 Å². The predicted molar refractivity (Wildman–Crippen MR) is 90.1 cm³/mol. The van der Waals surface area contributed by atoms with Gasteiger partial charge in [0, 0.05) is 0 Å². The molecule has 0 saturated carbocycles. The molecule has 0 heterocycles. The highest BCUT2D eigenvalue weighted by Gasteiger charge is 2.37. The van der Waals surface area contributed by atoms with Gasteiger partial charge in [-0.25, -0.2) is 4.79 Å². The van der Waals surface area contributed by atoms with Gasteiger partial charge in [-0.2, -0.15) is 0 Å². The van der Waals surface area contributed by atoms with Gasteiger partial charge in [0.05, 0.1) is 6.04 Å². The molecule has 0 aromatic heterocycles. The number of rotatable bonds is 3. The summed E-state index contributed by atoms with van der Waals surface area (Å²) in [5, 5.41) is 11.5. The van der Waals surface area contributed by atoms with E-state index in [2.05, 4.69) is 10.1 Å². The molecule has 0 aliphatic heterocycles. The quantitative estimate of drug-likeness (QED) is 0.782. The van der Waals surface area contributed by atoms with Gasteiger partial charge in [0.2, 0.25) is 0 Å². The fourth-order valence-corrected chi connectivity index (χ4v) is 3.51. The van der Waals surface area contributed by atoms with Crippen LogP contribution in [0.25, 0.3) is 11.1 Å².